The average molecular weight is 380 g/mol. The van der Waals surface area contributed by atoms with Crippen LogP contribution in [-0.2, 0) is 0 Å². The van der Waals surface area contributed by atoms with Crippen molar-refractivity contribution in [1.29, 1.82) is 0 Å². The number of fused-ring (bicyclic) bond motifs is 1. The van der Waals surface area contributed by atoms with Crippen LogP contribution in [0.25, 0.3) is 23.1 Å². The van der Waals surface area contributed by atoms with E-state index in [4.69, 9.17) is 13.9 Å². The van der Waals surface area contributed by atoms with E-state index in [0.717, 1.165) is 5.56 Å². The van der Waals surface area contributed by atoms with Crippen molar-refractivity contribution in [2.24, 2.45) is 5.92 Å². The molecule has 1 heterocycles. The van der Waals surface area contributed by atoms with Crippen LogP contribution in [0.4, 0.5) is 4.39 Å². The first-order valence-electron chi connectivity index (χ1n) is 9.27. The van der Waals surface area contributed by atoms with Crippen molar-refractivity contribution >= 4 is 23.1 Å². The lowest BCUT2D eigenvalue weighted by molar-refractivity contribution is 0.280. The zero-order valence-corrected chi connectivity index (χ0v) is 15.8. The van der Waals surface area contributed by atoms with Crippen LogP contribution in [0.1, 0.15) is 29.7 Å². The van der Waals surface area contributed by atoms with Crippen LogP contribution < -0.4 is 14.9 Å². The minimum Gasteiger partial charge on any atom is -0.493 e. The summed E-state index contributed by atoms with van der Waals surface area (Å²) in [5, 5.41) is 0.367. The second-order valence-electron chi connectivity index (χ2n) is 7.03. The van der Waals surface area contributed by atoms with E-state index in [9.17, 15) is 9.18 Å². The molecule has 4 rings (SSSR count). The van der Waals surface area contributed by atoms with Crippen LogP contribution in [0.15, 0.2) is 45.6 Å². The molecule has 0 aliphatic heterocycles. The van der Waals surface area contributed by atoms with Crippen molar-refractivity contribution < 1.29 is 18.3 Å². The summed E-state index contributed by atoms with van der Waals surface area (Å²) in [6.45, 7) is 2.36. The number of benzene rings is 2. The normalized spacial score (nSPS) is 14.0. The summed E-state index contributed by atoms with van der Waals surface area (Å²) in [6, 6.07) is 9.57. The maximum atomic E-state index is 13.5. The van der Waals surface area contributed by atoms with Gasteiger partial charge in [-0.3, -0.25) is 4.79 Å². The van der Waals surface area contributed by atoms with Crippen LogP contribution >= 0.6 is 0 Å². The highest BCUT2D eigenvalue weighted by molar-refractivity contribution is 5.80. The van der Waals surface area contributed by atoms with E-state index in [1.165, 1.54) is 31.0 Å². The number of hydrogen-bond donors (Lipinski definition) is 0. The third kappa shape index (κ3) is 3.65. The van der Waals surface area contributed by atoms with Gasteiger partial charge in [-0.1, -0.05) is 12.1 Å². The highest BCUT2D eigenvalue weighted by Crippen LogP contribution is 2.36. The Morgan fingerprint density at radius 2 is 2.04 bits per heavy atom. The van der Waals surface area contributed by atoms with Crippen molar-refractivity contribution in [3.05, 3.63) is 69.3 Å². The largest absolute Gasteiger partial charge is 0.493 e. The van der Waals surface area contributed by atoms with Crippen molar-refractivity contribution in [3.63, 3.8) is 0 Å². The van der Waals surface area contributed by atoms with Gasteiger partial charge in [-0.25, -0.2) is 4.39 Å². The molecule has 4 nitrogen and oxygen atoms in total. The van der Waals surface area contributed by atoms with Gasteiger partial charge in [-0.15, -0.1) is 0 Å². The molecule has 1 aliphatic rings. The van der Waals surface area contributed by atoms with Gasteiger partial charge in [0.25, 0.3) is 0 Å². The van der Waals surface area contributed by atoms with Crippen molar-refractivity contribution in [2.45, 2.75) is 19.8 Å². The van der Waals surface area contributed by atoms with Gasteiger partial charge in [0, 0.05) is 17.2 Å². The first-order chi connectivity index (χ1) is 13.6. The van der Waals surface area contributed by atoms with Gasteiger partial charge in [0.15, 0.2) is 16.9 Å². The van der Waals surface area contributed by atoms with E-state index < -0.39 is 5.82 Å². The Morgan fingerprint density at radius 3 is 2.79 bits per heavy atom. The molecule has 0 saturated heterocycles. The number of ether oxygens (including phenoxy) is 2. The number of halogens is 1. The van der Waals surface area contributed by atoms with E-state index in [1.54, 1.807) is 20.1 Å². The monoisotopic (exact) mass is 380 g/mol. The summed E-state index contributed by atoms with van der Waals surface area (Å²) >= 11 is 0. The quantitative estimate of drug-likeness (QED) is 0.589. The maximum Gasteiger partial charge on any atom is 0.196 e. The van der Waals surface area contributed by atoms with E-state index >= 15 is 0 Å². The summed E-state index contributed by atoms with van der Waals surface area (Å²) in [5.41, 5.74) is 1.35. The molecule has 2 aromatic carbocycles. The Labute approximate surface area is 162 Å². The molecule has 0 amide bonds. The number of hydrogen-bond acceptors (Lipinski definition) is 4. The lowest BCUT2D eigenvalue weighted by atomic mass is 10.1. The van der Waals surface area contributed by atoms with Gasteiger partial charge in [-0.05, 0) is 56.0 Å². The van der Waals surface area contributed by atoms with Crippen molar-refractivity contribution in [1.82, 2.24) is 0 Å². The average Bonchev–Trinajstić information content (AvgIpc) is 3.52. The van der Waals surface area contributed by atoms with Crippen molar-refractivity contribution in [2.75, 3.05) is 13.7 Å². The van der Waals surface area contributed by atoms with E-state index in [0.29, 0.717) is 40.7 Å². The van der Waals surface area contributed by atoms with Crippen molar-refractivity contribution in [3.8, 4) is 11.5 Å². The summed E-state index contributed by atoms with van der Waals surface area (Å²) < 4.78 is 30.7. The highest BCUT2D eigenvalue weighted by atomic mass is 19.1. The fourth-order valence-corrected chi connectivity index (χ4v) is 3.07. The van der Waals surface area contributed by atoms with Crippen LogP contribution in [0.3, 0.4) is 0 Å². The smallest absolute Gasteiger partial charge is 0.196 e. The van der Waals surface area contributed by atoms with Gasteiger partial charge in [-0.2, -0.15) is 0 Å². The highest BCUT2D eigenvalue weighted by Gasteiger charge is 2.23. The maximum absolute atomic E-state index is 13.5. The number of methoxy groups -OCH3 is 1. The zero-order chi connectivity index (χ0) is 19.7. The molecule has 144 valence electrons. The summed E-state index contributed by atoms with van der Waals surface area (Å²) in [4.78, 5) is 12.6. The molecule has 0 radical (unpaired) electrons. The molecule has 1 saturated carbocycles. The number of rotatable bonds is 6. The molecule has 0 unspecified atom stereocenters. The fraction of sp³-hybridized carbons (Fsp3) is 0.261. The Kier molecular flexibility index (Phi) is 4.90. The molecule has 3 aromatic rings. The van der Waals surface area contributed by atoms with E-state index in [1.807, 2.05) is 24.3 Å². The molecule has 5 heteroatoms. The zero-order valence-electron chi connectivity index (χ0n) is 15.8. The Bertz CT molecular complexity index is 1110. The standard InChI is InChI=1S/C23H21FO4/c1-14-19(28-21-12-17(24)9-10-18(21)22(14)25)11-8-16-4-3-5-20(26-2)23(16)27-13-15-6-7-15/h3-5,8-12,15H,6-7,13H2,1-2H3. The molecule has 0 spiro atoms. The summed E-state index contributed by atoms with van der Waals surface area (Å²) in [5.74, 6) is 1.87. The Hall–Kier alpha value is -3.08. The summed E-state index contributed by atoms with van der Waals surface area (Å²) in [7, 11) is 1.61. The second kappa shape index (κ2) is 7.50. The van der Waals surface area contributed by atoms with Crippen LogP contribution in [0, 0.1) is 18.7 Å². The van der Waals surface area contributed by atoms with Crippen LogP contribution in [0.2, 0.25) is 0 Å². The third-order valence-corrected chi connectivity index (χ3v) is 4.92. The van der Waals surface area contributed by atoms with Gasteiger partial charge < -0.3 is 13.9 Å². The molecule has 1 fully saturated rings. The van der Waals surface area contributed by atoms with Gasteiger partial charge in [0.2, 0.25) is 0 Å². The molecule has 1 aromatic heterocycles. The van der Waals surface area contributed by atoms with Crippen LogP contribution in [0.5, 0.6) is 11.5 Å². The van der Waals surface area contributed by atoms with E-state index in [-0.39, 0.29) is 11.0 Å². The SMILES string of the molecule is COc1cccc(C=Cc2oc3cc(F)ccc3c(=O)c2C)c1OCC1CC1. The third-order valence-electron chi connectivity index (χ3n) is 4.92. The van der Waals surface area contributed by atoms with E-state index in [2.05, 4.69) is 0 Å². The van der Waals surface area contributed by atoms with Crippen LogP contribution in [-0.4, -0.2) is 13.7 Å². The van der Waals surface area contributed by atoms with Gasteiger partial charge in [0.1, 0.15) is 17.2 Å². The predicted molar refractivity (Wildman–Crippen MR) is 107 cm³/mol. The lowest BCUT2D eigenvalue weighted by Crippen LogP contribution is -2.07. The number of para-hydroxylation sites is 1. The molecule has 0 bridgehead atoms. The molecule has 0 atom stereocenters. The topological polar surface area (TPSA) is 48.7 Å². The lowest BCUT2D eigenvalue weighted by Gasteiger charge is -2.13. The first kappa shape index (κ1) is 18.3. The molecule has 0 N–H and O–H groups in total. The molecule has 1 aliphatic carbocycles. The Balaban J connectivity index is 1.72. The van der Waals surface area contributed by atoms with Gasteiger partial charge in [0.05, 0.1) is 19.1 Å². The second-order valence-corrected chi connectivity index (χ2v) is 7.03. The predicted octanol–water partition coefficient (Wildman–Crippen LogP) is 5.21. The molecule has 28 heavy (non-hydrogen) atoms. The Morgan fingerprint density at radius 1 is 1.21 bits per heavy atom. The minimum absolute atomic E-state index is 0.170. The minimum atomic E-state index is -0.446. The molecular formula is C23H21FO4. The van der Waals surface area contributed by atoms with Gasteiger partial charge >= 0.3 is 0 Å². The molecular weight excluding hydrogens is 359 g/mol. The summed E-state index contributed by atoms with van der Waals surface area (Å²) in [6.07, 6.45) is 5.91. The fourth-order valence-electron chi connectivity index (χ4n) is 3.07. The first-order valence-corrected chi connectivity index (χ1v) is 9.27.